The number of methoxy groups -OCH3 is 2. The number of oxazole rings is 1. The third-order valence-corrected chi connectivity index (χ3v) is 6.34. The lowest BCUT2D eigenvalue weighted by Crippen LogP contribution is -2.14. The number of hydrogen-bond acceptors (Lipinski definition) is 11. The number of nitrogens with zero attached hydrogens (tertiary/aromatic N) is 5. The molecule has 0 saturated heterocycles. The zero-order valence-corrected chi connectivity index (χ0v) is 22.3. The minimum Gasteiger partial charge on any atom is -0.506 e. The lowest BCUT2D eigenvalue weighted by atomic mass is 9.95. The molecule has 0 unspecified atom stereocenters. The zero-order valence-electron chi connectivity index (χ0n) is 22.3. The number of benzene rings is 1. The lowest BCUT2D eigenvalue weighted by molar-refractivity contribution is 0.373. The molecule has 0 radical (unpaired) electrons. The standard InChI is InChI=1S/C28H28N6O6/c1-4-5-7-16-23(24-18(37-2)8-6-9-19(24)38-3)26(35)25(28(36)32-16)20-15-31-21(39-20)10-11-22-33-27(34-40-22)17-14-29-12-13-30-17/h6,8-9,12-15H,4-5,7,10-11H2,1-3H3,(H2,32,35,36). The maximum absolute atomic E-state index is 13.2. The van der Waals surface area contributed by atoms with Crippen molar-refractivity contribution in [1.29, 1.82) is 0 Å². The molecule has 2 N–H and O–H groups in total. The summed E-state index contributed by atoms with van der Waals surface area (Å²) in [6, 6.07) is 5.33. The first-order valence-electron chi connectivity index (χ1n) is 12.8. The number of aromatic nitrogens is 6. The highest BCUT2D eigenvalue weighted by molar-refractivity contribution is 5.87. The molecule has 0 aliphatic carbocycles. The van der Waals surface area contributed by atoms with Gasteiger partial charge in [0.25, 0.3) is 5.56 Å². The molecule has 5 aromatic rings. The summed E-state index contributed by atoms with van der Waals surface area (Å²) in [5, 5.41) is 15.5. The molecule has 0 fully saturated rings. The Bertz CT molecular complexity index is 1640. The van der Waals surface area contributed by atoms with Crippen molar-refractivity contribution in [1.82, 2.24) is 30.1 Å². The van der Waals surface area contributed by atoms with Crippen molar-refractivity contribution in [2.75, 3.05) is 14.2 Å². The van der Waals surface area contributed by atoms with Crippen LogP contribution in [0.3, 0.4) is 0 Å². The van der Waals surface area contributed by atoms with Gasteiger partial charge in [-0.2, -0.15) is 4.98 Å². The summed E-state index contributed by atoms with van der Waals surface area (Å²) in [4.78, 5) is 33.0. The number of aryl methyl sites for hydroxylation is 3. The monoisotopic (exact) mass is 544 g/mol. The normalized spacial score (nSPS) is 11.1. The number of aromatic amines is 1. The van der Waals surface area contributed by atoms with Gasteiger partial charge in [0.2, 0.25) is 11.7 Å². The van der Waals surface area contributed by atoms with Crippen LogP contribution in [0.2, 0.25) is 0 Å². The van der Waals surface area contributed by atoms with Gasteiger partial charge in [0.15, 0.2) is 11.7 Å². The first kappa shape index (κ1) is 26.6. The van der Waals surface area contributed by atoms with E-state index in [4.69, 9.17) is 18.4 Å². The van der Waals surface area contributed by atoms with E-state index >= 15 is 0 Å². The first-order valence-corrected chi connectivity index (χ1v) is 12.8. The number of pyridine rings is 1. The van der Waals surface area contributed by atoms with Crippen LogP contribution in [0.15, 0.2) is 56.7 Å². The Kier molecular flexibility index (Phi) is 7.85. The van der Waals surface area contributed by atoms with Crippen LogP contribution < -0.4 is 15.0 Å². The summed E-state index contributed by atoms with van der Waals surface area (Å²) in [5.74, 6) is 1.89. The Morgan fingerprint density at radius 2 is 1.73 bits per heavy atom. The molecule has 0 amide bonds. The van der Waals surface area contributed by atoms with Crippen LogP contribution in [0.1, 0.15) is 37.2 Å². The molecule has 0 spiro atoms. The highest BCUT2D eigenvalue weighted by atomic mass is 16.5. The van der Waals surface area contributed by atoms with E-state index in [2.05, 4.69) is 37.0 Å². The molecule has 1 aromatic carbocycles. The van der Waals surface area contributed by atoms with Crippen molar-refractivity contribution < 1.29 is 23.5 Å². The second-order valence-corrected chi connectivity index (χ2v) is 8.89. The average molecular weight is 545 g/mol. The van der Waals surface area contributed by atoms with Crippen LogP contribution in [0, 0.1) is 0 Å². The van der Waals surface area contributed by atoms with E-state index < -0.39 is 5.56 Å². The molecule has 4 heterocycles. The van der Waals surface area contributed by atoms with Gasteiger partial charge in [-0.1, -0.05) is 24.6 Å². The molecule has 206 valence electrons. The molecule has 5 rings (SSSR count). The zero-order chi connectivity index (χ0) is 28.1. The summed E-state index contributed by atoms with van der Waals surface area (Å²) >= 11 is 0. The molecular weight excluding hydrogens is 516 g/mol. The summed E-state index contributed by atoms with van der Waals surface area (Å²) in [6.07, 6.45) is 8.97. The number of H-pyrrole nitrogens is 1. The van der Waals surface area contributed by atoms with E-state index in [0.717, 1.165) is 12.8 Å². The molecule has 0 aliphatic heterocycles. The van der Waals surface area contributed by atoms with E-state index in [9.17, 15) is 9.90 Å². The van der Waals surface area contributed by atoms with E-state index in [0.29, 0.717) is 70.9 Å². The average Bonchev–Trinajstić information content (AvgIpc) is 3.65. The molecule has 40 heavy (non-hydrogen) atoms. The summed E-state index contributed by atoms with van der Waals surface area (Å²) in [6.45, 7) is 2.05. The largest absolute Gasteiger partial charge is 0.506 e. The Morgan fingerprint density at radius 1 is 0.950 bits per heavy atom. The van der Waals surface area contributed by atoms with Crippen molar-refractivity contribution >= 4 is 0 Å². The van der Waals surface area contributed by atoms with Crippen LogP contribution in [0.25, 0.3) is 34.0 Å². The fourth-order valence-electron chi connectivity index (χ4n) is 4.40. The second-order valence-electron chi connectivity index (χ2n) is 8.89. The lowest BCUT2D eigenvalue weighted by Gasteiger charge is -2.18. The van der Waals surface area contributed by atoms with Crippen molar-refractivity contribution in [3.8, 4) is 51.2 Å². The summed E-state index contributed by atoms with van der Waals surface area (Å²) in [7, 11) is 3.08. The minimum atomic E-state index is -0.491. The predicted octanol–water partition coefficient (Wildman–Crippen LogP) is 4.39. The van der Waals surface area contributed by atoms with Gasteiger partial charge in [-0.25, -0.2) is 9.97 Å². The van der Waals surface area contributed by atoms with Gasteiger partial charge in [0.1, 0.15) is 28.5 Å². The number of rotatable bonds is 11. The summed E-state index contributed by atoms with van der Waals surface area (Å²) < 4.78 is 22.4. The minimum absolute atomic E-state index is 0.0373. The van der Waals surface area contributed by atoms with Crippen molar-refractivity contribution in [3.05, 3.63) is 70.8 Å². The van der Waals surface area contributed by atoms with Crippen LogP contribution in [-0.4, -0.2) is 49.4 Å². The van der Waals surface area contributed by atoms with Crippen molar-refractivity contribution in [2.24, 2.45) is 0 Å². The Morgan fingerprint density at radius 3 is 2.42 bits per heavy atom. The van der Waals surface area contributed by atoms with Gasteiger partial charge in [-0.3, -0.25) is 9.78 Å². The van der Waals surface area contributed by atoms with E-state index in [-0.39, 0.29) is 17.1 Å². The third kappa shape index (κ3) is 5.28. The highest BCUT2D eigenvalue weighted by Crippen LogP contribution is 2.46. The quantitative estimate of drug-likeness (QED) is 0.242. The second kappa shape index (κ2) is 11.8. The van der Waals surface area contributed by atoms with Crippen LogP contribution in [-0.2, 0) is 19.3 Å². The summed E-state index contributed by atoms with van der Waals surface area (Å²) in [5.41, 5.74) is 1.49. The predicted molar refractivity (Wildman–Crippen MR) is 144 cm³/mol. The van der Waals surface area contributed by atoms with Crippen molar-refractivity contribution in [2.45, 2.75) is 39.0 Å². The Hall–Kier alpha value is -5.00. The molecule has 0 atom stereocenters. The molecule has 0 aliphatic rings. The van der Waals surface area contributed by atoms with Gasteiger partial charge in [-0.05, 0) is 25.0 Å². The fraction of sp³-hybridized carbons (Fsp3) is 0.286. The van der Waals surface area contributed by atoms with Crippen LogP contribution in [0.5, 0.6) is 17.2 Å². The maximum atomic E-state index is 13.2. The smallest absolute Gasteiger partial charge is 0.263 e. The van der Waals surface area contributed by atoms with E-state index in [1.165, 1.54) is 20.4 Å². The number of hydrogen-bond donors (Lipinski definition) is 2. The van der Waals surface area contributed by atoms with E-state index in [1.807, 2.05) is 0 Å². The Balaban J connectivity index is 1.48. The molecular formula is C28H28N6O6. The molecule has 0 saturated carbocycles. The third-order valence-electron chi connectivity index (χ3n) is 6.34. The highest BCUT2D eigenvalue weighted by Gasteiger charge is 2.26. The van der Waals surface area contributed by atoms with Gasteiger partial charge in [0, 0.05) is 30.9 Å². The molecule has 4 aromatic heterocycles. The van der Waals surface area contributed by atoms with Gasteiger partial charge in [0.05, 0.1) is 37.7 Å². The van der Waals surface area contributed by atoms with Crippen LogP contribution >= 0.6 is 0 Å². The number of aromatic hydroxyl groups is 1. The Labute approximate surface area is 229 Å². The van der Waals surface area contributed by atoms with Crippen LogP contribution in [0.4, 0.5) is 0 Å². The topological polar surface area (TPSA) is 162 Å². The molecule has 12 nitrogen and oxygen atoms in total. The van der Waals surface area contributed by atoms with Crippen molar-refractivity contribution in [3.63, 3.8) is 0 Å². The molecule has 12 heteroatoms. The van der Waals surface area contributed by atoms with E-state index in [1.54, 1.807) is 36.8 Å². The van der Waals surface area contributed by atoms with Gasteiger partial charge >= 0.3 is 0 Å². The molecule has 0 bridgehead atoms. The number of ether oxygens (including phenoxy) is 2. The SMILES string of the molecule is CCCCc1[nH]c(=O)c(-c2cnc(CCc3nc(-c4cnccn4)no3)o2)c(O)c1-c1c(OC)cccc1OC. The van der Waals surface area contributed by atoms with Gasteiger partial charge < -0.3 is 28.5 Å². The van der Waals surface area contributed by atoms with Gasteiger partial charge in [-0.15, -0.1) is 0 Å². The fourth-order valence-corrected chi connectivity index (χ4v) is 4.40. The maximum Gasteiger partial charge on any atom is 0.263 e. The number of unbranched alkanes of at least 4 members (excludes halogenated alkanes) is 1. The first-order chi connectivity index (χ1) is 19.5. The number of nitrogens with one attached hydrogen (secondary N) is 1.